The molecule has 0 amide bonds. The van der Waals surface area contributed by atoms with Gasteiger partial charge in [-0.05, 0) is 24.1 Å². The van der Waals surface area contributed by atoms with E-state index in [4.69, 9.17) is 4.74 Å². The molecule has 0 aliphatic heterocycles. The fraction of sp³-hybridized carbons (Fsp3) is 0.462. The number of halogens is 1. The lowest BCUT2D eigenvalue weighted by Crippen LogP contribution is -2.44. The summed E-state index contributed by atoms with van der Waals surface area (Å²) >= 11 is 3.19. The predicted octanol–water partition coefficient (Wildman–Crippen LogP) is 2.24. The molecule has 2 unspecified atom stereocenters. The summed E-state index contributed by atoms with van der Waals surface area (Å²) in [6.07, 6.45) is 0.537. The lowest BCUT2D eigenvalue weighted by atomic mass is 10.0. The second kappa shape index (κ2) is 7.24. The van der Waals surface area contributed by atoms with Crippen molar-refractivity contribution in [1.82, 2.24) is 4.72 Å². The van der Waals surface area contributed by atoms with Crippen LogP contribution in [0, 0.1) is 5.92 Å². The summed E-state index contributed by atoms with van der Waals surface area (Å²) in [6, 6.07) is 3.32. The number of carboxylic acids is 1. The molecular weight excluding hydrogens is 362 g/mol. The number of hydrogen-bond donors (Lipinski definition) is 2. The summed E-state index contributed by atoms with van der Waals surface area (Å²) in [5.41, 5.74) is 0. The molecular formula is C13H18BrNO5S. The van der Waals surface area contributed by atoms with Crippen LogP contribution in [0.5, 0.6) is 5.75 Å². The molecule has 0 fully saturated rings. The van der Waals surface area contributed by atoms with Gasteiger partial charge >= 0.3 is 5.97 Å². The molecule has 0 saturated carbocycles. The second-order valence-corrected chi connectivity index (χ2v) is 7.22. The minimum Gasteiger partial charge on any atom is -0.495 e. The van der Waals surface area contributed by atoms with Crippen molar-refractivity contribution in [3.05, 3.63) is 22.7 Å². The summed E-state index contributed by atoms with van der Waals surface area (Å²) in [4.78, 5) is 11.2. The Balaban J connectivity index is 3.22. The van der Waals surface area contributed by atoms with Gasteiger partial charge in [0.15, 0.2) is 0 Å². The Kier molecular flexibility index (Phi) is 6.18. The summed E-state index contributed by atoms with van der Waals surface area (Å²) in [5.74, 6) is -1.39. The van der Waals surface area contributed by atoms with E-state index in [2.05, 4.69) is 20.7 Å². The zero-order valence-electron chi connectivity index (χ0n) is 12.0. The molecule has 2 N–H and O–H groups in total. The van der Waals surface area contributed by atoms with E-state index < -0.39 is 22.0 Å². The van der Waals surface area contributed by atoms with Gasteiger partial charge in [-0.25, -0.2) is 8.42 Å². The maximum Gasteiger partial charge on any atom is 0.322 e. The molecule has 0 spiro atoms. The molecule has 0 heterocycles. The molecule has 0 aromatic heterocycles. The zero-order valence-corrected chi connectivity index (χ0v) is 14.4. The van der Waals surface area contributed by atoms with Crippen LogP contribution in [0.3, 0.4) is 0 Å². The second-order valence-electron chi connectivity index (χ2n) is 4.62. The molecule has 0 bridgehead atoms. The van der Waals surface area contributed by atoms with E-state index >= 15 is 0 Å². The van der Waals surface area contributed by atoms with Crippen LogP contribution in [0.15, 0.2) is 27.6 Å². The van der Waals surface area contributed by atoms with Crippen LogP contribution in [0.2, 0.25) is 0 Å². The van der Waals surface area contributed by atoms with E-state index in [1.165, 1.54) is 19.2 Å². The Morgan fingerprint density at radius 2 is 2.10 bits per heavy atom. The number of ether oxygens (including phenoxy) is 1. The zero-order chi connectivity index (χ0) is 16.2. The molecule has 0 saturated heterocycles. The molecule has 8 heteroatoms. The highest BCUT2D eigenvalue weighted by Crippen LogP contribution is 2.27. The van der Waals surface area contributed by atoms with Crippen LogP contribution in [0.25, 0.3) is 0 Å². The van der Waals surface area contributed by atoms with Crippen molar-refractivity contribution in [1.29, 1.82) is 0 Å². The number of rotatable bonds is 7. The van der Waals surface area contributed by atoms with Crippen LogP contribution < -0.4 is 9.46 Å². The lowest BCUT2D eigenvalue weighted by molar-refractivity contribution is -0.140. The molecule has 1 aromatic rings. The third-order valence-electron chi connectivity index (χ3n) is 3.18. The molecule has 1 rings (SSSR count). The average Bonchev–Trinajstić information content (AvgIpc) is 2.43. The number of carboxylic acid groups (broad SMARTS) is 1. The van der Waals surface area contributed by atoms with Gasteiger partial charge in [-0.2, -0.15) is 4.72 Å². The molecule has 1 aromatic carbocycles. The van der Waals surface area contributed by atoms with Gasteiger partial charge in [-0.1, -0.05) is 36.2 Å². The van der Waals surface area contributed by atoms with Gasteiger partial charge in [-0.3, -0.25) is 4.79 Å². The van der Waals surface area contributed by atoms with E-state index in [1.807, 2.05) is 0 Å². The number of hydrogen-bond acceptors (Lipinski definition) is 4. The smallest absolute Gasteiger partial charge is 0.322 e. The largest absolute Gasteiger partial charge is 0.495 e. The van der Waals surface area contributed by atoms with Gasteiger partial charge in [0.25, 0.3) is 0 Å². The third-order valence-corrected chi connectivity index (χ3v) is 5.13. The molecule has 0 aliphatic carbocycles. The standard InChI is InChI=1S/C13H18BrNO5S/c1-4-8(2)12(13(16)17)15-21(18,19)11-7-9(14)5-6-10(11)20-3/h5-8,12,15H,4H2,1-3H3,(H,16,17). The van der Waals surface area contributed by atoms with Crippen LogP contribution in [-0.2, 0) is 14.8 Å². The first kappa shape index (κ1) is 17.9. The van der Waals surface area contributed by atoms with Gasteiger partial charge in [0.05, 0.1) is 7.11 Å². The average molecular weight is 380 g/mol. The van der Waals surface area contributed by atoms with Crippen LogP contribution in [0.4, 0.5) is 0 Å². The van der Waals surface area contributed by atoms with Gasteiger partial charge in [0.2, 0.25) is 10.0 Å². The Morgan fingerprint density at radius 3 is 2.57 bits per heavy atom. The molecule has 6 nitrogen and oxygen atoms in total. The topological polar surface area (TPSA) is 92.7 Å². The summed E-state index contributed by atoms with van der Waals surface area (Å²) in [6.45, 7) is 3.48. The van der Waals surface area contributed by atoms with Gasteiger partial charge < -0.3 is 9.84 Å². The summed E-state index contributed by atoms with van der Waals surface area (Å²) in [5, 5.41) is 9.20. The predicted molar refractivity (Wildman–Crippen MR) is 81.9 cm³/mol. The number of sulfonamides is 1. The van der Waals surface area contributed by atoms with Crippen molar-refractivity contribution in [3.8, 4) is 5.75 Å². The quantitative estimate of drug-likeness (QED) is 0.757. The maximum absolute atomic E-state index is 12.4. The first-order chi connectivity index (χ1) is 9.72. The Bertz CT molecular complexity index is 617. The van der Waals surface area contributed by atoms with Gasteiger partial charge in [0, 0.05) is 4.47 Å². The maximum atomic E-state index is 12.4. The minimum atomic E-state index is -4.01. The Morgan fingerprint density at radius 1 is 1.48 bits per heavy atom. The number of aliphatic carboxylic acids is 1. The van der Waals surface area contributed by atoms with Crippen LogP contribution in [0.1, 0.15) is 20.3 Å². The first-order valence-corrected chi connectivity index (χ1v) is 8.59. The van der Waals surface area contributed by atoms with E-state index in [0.717, 1.165) is 0 Å². The van der Waals surface area contributed by atoms with E-state index in [1.54, 1.807) is 19.9 Å². The minimum absolute atomic E-state index is 0.103. The van der Waals surface area contributed by atoms with Crippen LogP contribution in [-0.4, -0.2) is 32.6 Å². The fourth-order valence-corrected chi connectivity index (χ4v) is 3.74. The normalized spacial score (nSPS) is 14.5. The molecule has 21 heavy (non-hydrogen) atoms. The van der Waals surface area contributed by atoms with Crippen molar-refractivity contribution in [2.45, 2.75) is 31.2 Å². The van der Waals surface area contributed by atoms with Crippen molar-refractivity contribution >= 4 is 31.9 Å². The Labute approximate surface area is 132 Å². The van der Waals surface area contributed by atoms with E-state index in [9.17, 15) is 18.3 Å². The summed E-state index contributed by atoms with van der Waals surface area (Å²) in [7, 11) is -2.66. The van der Waals surface area contributed by atoms with Gasteiger partial charge in [0.1, 0.15) is 16.7 Å². The molecule has 118 valence electrons. The van der Waals surface area contributed by atoms with Crippen LogP contribution >= 0.6 is 15.9 Å². The fourth-order valence-electron chi connectivity index (χ4n) is 1.74. The number of nitrogens with one attached hydrogen (secondary N) is 1. The van der Waals surface area contributed by atoms with Crippen molar-refractivity contribution < 1.29 is 23.1 Å². The highest BCUT2D eigenvalue weighted by Gasteiger charge is 2.31. The molecule has 2 atom stereocenters. The van der Waals surface area contributed by atoms with Crippen molar-refractivity contribution in [2.75, 3.05) is 7.11 Å². The van der Waals surface area contributed by atoms with Crippen molar-refractivity contribution in [2.24, 2.45) is 5.92 Å². The van der Waals surface area contributed by atoms with E-state index in [-0.39, 0.29) is 16.6 Å². The highest BCUT2D eigenvalue weighted by molar-refractivity contribution is 9.10. The number of methoxy groups -OCH3 is 1. The van der Waals surface area contributed by atoms with Crippen molar-refractivity contribution in [3.63, 3.8) is 0 Å². The summed E-state index contributed by atoms with van der Waals surface area (Å²) < 4.78 is 32.7. The lowest BCUT2D eigenvalue weighted by Gasteiger charge is -2.20. The third kappa shape index (κ3) is 4.42. The number of carbonyl (C=O) groups is 1. The highest BCUT2D eigenvalue weighted by atomic mass is 79.9. The molecule has 0 aliphatic rings. The van der Waals surface area contributed by atoms with Gasteiger partial charge in [-0.15, -0.1) is 0 Å². The SMILES string of the molecule is CCC(C)C(NS(=O)(=O)c1cc(Br)ccc1OC)C(=O)O. The Hall–Kier alpha value is -1.12. The molecule has 0 radical (unpaired) electrons. The first-order valence-electron chi connectivity index (χ1n) is 6.31. The van der Waals surface area contributed by atoms with E-state index in [0.29, 0.717) is 10.9 Å². The monoisotopic (exact) mass is 379 g/mol. The number of benzene rings is 1.